The van der Waals surface area contributed by atoms with Crippen LogP contribution in [0.4, 0.5) is 5.69 Å². The van der Waals surface area contributed by atoms with E-state index in [9.17, 15) is 5.11 Å². The molecule has 17 heavy (non-hydrogen) atoms. The molecule has 6 heteroatoms. The Kier molecular flexibility index (Phi) is 4.19. The fraction of sp³-hybridized carbons (Fsp3) is 0.182. The lowest BCUT2D eigenvalue weighted by molar-refractivity contribution is 0.182. The molecule has 2 aromatic rings. The molecular weight excluding hydrogens is 368 g/mol. The third-order valence-electron chi connectivity index (χ3n) is 2.35. The Morgan fingerprint density at radius 3 is 2.82 bits per heavy atom. The number of aliphatic hydroxyl groups is 1. The highest BCUT2D eigenvalue weighted by molar-refractivity contribution is 9.13. The summed E-state index contributed by atoms with van der Waals surface area (Å²) in [6, 6.07) is 3.65. The first-order valence-corrected chi connectivity index (χ1v) is 7.29. The summed E-state index contributed by atoms with van der Waals surface area (Å²) in [6.45, 7) is 0. The van der Waals surface area contributed by atoms with E-state index in [0.29, 0.717) is 12.1 Å². The van der Waals surface area contributed by atoms with Crippen molar-refractivity contribution in [2.24, 2.45) is 0 Å². The van der Waals surface area contributed by atoms with Crippen LogP contribution in [0, 0.1) is 0 Å². The van der Waals surface area contributed by atoms with Gasteiger partial charge in [-0.1, -0.05) is 0 Å². The number of anilines is 1. The lowest BCUT2D eigenvalue weighted by atomic mass is 10.1. The number of rotatable bonds is 3. The zero-order valence-corrected chi connectivity index (χ0v) is 12.7. The van der Waals surface area contributed by atoms with E-state index < -0.39 is 6.10 Å². The second kappa shape index (κ2) is 5.48. The number of thiophene rings is 1. The van der Waals surface area contributed by atoms with Crippen molar-refractivity contribution in [1.29, 1.82) is 0 Å². The molecule has 2 aromatic heterocycles. The molecule has 1 unspecified atom stereocenters. The zero-order valence-electron chi connectivity index (χ0n) is 8.73. The summed E-state index contributed by atoms with van der Waals surface area (Å²) in [7, 11) is 0. The van der Waals surface area contributed by atoms with Gasteiger partial charge in [0.2, 0.25) is 0 Å². The van der Waals surface area contributed by atoms with Gasteiger partial charge in [0.1, 0.15) is 0 Å². The quantitative estimate of drug-likeness (QED) is 0.860. The summed E-state index contributed by atoms with van der Waals surface area (Å²) in [5.41, 5.74) is 7.34. The molecule has 0 aliphatic rings. The van der Waals surface area contributed by atoms with Crippen molar-refractivity contribution < 1.29 is 5.11 Å². The van der Waals surface area contributed by atoms with Crippen LogP contribution in [-0.2, 0) is 6.42 Å². The minimum atomic E-state index is -0.561. The molecule has 3 N–H and O–H groups in total. The third-order valence-corrected chi connectivity index (χ3v) is 5.70. The fourth-order valence-electron chi connectivity index (χ4n) is 1.44. The molecule has 0 saturated carbocycles. The van der Waals surface area contributed by atoms with E-state index >= 15 is 0 Å². The van der Waals surface area contributed by atoms with Gasteiger partial charge in [0.15, 0.2) is 0 Å². The first-order chi connectivity index (χ1) is 8.08. The van der Waals surface area contributed by atoms with E-state index in [0.717, 1.165) is 18.7 Å². The molecule has 90 valence electrons. The highest BCUT2D eigenvalue weighted by Crippen LogP contribution is 2.36. The maximum Gasteiger partial charge on any atom is 0.0924 e. The molecule has 3 nitrogen and oxygen atoms in total. The first kappa shape index (κ1) is 13.0. The van der Waals surface area contributed by atoms with Gasteiger partial charge >= 0.3 is 0 Å². The molecule has 1 atom stereocenters. The van der Waals surface area contributed by atoms with Crippen LogP contribution < -0.4 is 5.73 Å². The van der Waals surface area contributed by atoms with Crippen molar-refractivity contribution in [2.45, 2.75) is 12.5 Å². The van der Waals surface area contributed by atoms with E-state index in [1.807, 2.05) is 6.07 Å². The summed E-state index contributed by atoms with van der Waals surface area (Å²) in [6.07, 6.45) is 3.24. The third kappa shape index (κ3) is 3.07. The van der Waals surface area contributed by atoms with E-state index in [-0.39, 0.29) is 0 Å². The van der Waals surface area contributed by atoms with Crippen LogP contribution in [-0.4, -0.2) is 10.1 Å². The van der Waals surface area contributed by atoms with Gasteiger partial charge in [-0.25, -0.2) is 0 Å². The Bertz CT molecular complexity index is 510. The average Bonchev–Trinajstić information content (AvgIpc) is 2.63. The average molecular weight is 378 g/mol. The predicted molar refractivity (Wildman–Crippen MR) is 77.0 cm³/mol. The van der Waals surface area contributed by atoms with Crippen molar-refractivity contribution in [3.8, 4) is 0 Å². The second-order valence-corrected chi connectivity index (χ2v) is 6.82. The maximum atomic E-state index is 10.1. The van der Waals surface area contributed by atoms with Gasteiger partial charge in [-0.15, -0.1) is 11.3 Å². The smallest absolute Gasteiger partial charge is 0.0924 e. The van der Waals surface area contributed by atoms with Gasteiger partial charge in [0, 0.05) is 33.9 Å². The zero-order chi connectivity index (χ0) is 12.4. The number of nitrogen functional groups attached to an aromatic ring is 1. The number of hydrogen-bond donors (Lipinski definition) is 2. The van der Waals surface area contributed by atoms with Crippen LogP contribution in [0.1, 0.15) is 16.5 Å². The van der Waals surface area contributed by atoms with E-state index in [1.165, 1.54) is 11.3 Å². The Morgan fingerprint density at radius 1 is 1.47 bits per heavy atom. The van der Waals surface area contributed by atoms with Crippen LogP contribution >= 0.6 is 43.2 Å². The monoisotopic (exact) mass is 376 g/mol. The van der Waals surface area contributed by atoms with Crippen molar-refractivity contribution in [3.63, 3.8) is 0 Å². The number of nitrogens with zero attached hydrogens (tertiary/aromatic N) is 1. The topological polar surface area (TPSA) is 59.1 Å². The molecule has 0 aliphatic heterocycles. The Hall–Kier alpha value is -0.430. The number of hydrogen-bond acceptors (Lipinski definition) is 4. The Labute approximate surface area is 120 Å². The normalized spacial score (nSPS) is 12.6. The SMILES string of the molecule is Nc1ccncc1CC(O)c1cc(Br)c(Br)s1. The Morgan fingerprint density at radius 2 is 2.24 bits per heavy atom. The summed E-state index contributed by atoms with van der Waals surface area (Å²) in [5.74, 6) is 0. The molecule has 0 radical (unpaired) electrons. The number of aliphatic hydroxyl groups excluding tert-OH is 1. The molecular formula is C11H10Br2N2OS. The number of halogens is 2. The van der Waals surface area contributed by atoms with Crippen molar-refractivity contribution in [2.75, 3.05) is 5.73 Å². The van der Waals surface area contributed by atoms with Crippen LogP contribution in [0.2, 0.25) is 0 Å². The van der Waals surface area contributed by atoms with Gasteiger partial charge < -0.3 is 10.8 Å². The molecule has 2 heterocycles. The van der Waals surface area contributed by atoms with E-state index in [1.54, 1.807) is 18.5 Å². The molecule has 0 aromatic carbocycles. The highest BCUT2D eigenvalue weighted by atomic mass is 79.9. The van der Waals surface area contributed by atoms with Gasteiger partial charge in [0.05, 0.1) is 9.89 Å². The van der Waals surface area contributed by atoms with Gasteiger partial charge in [-0.05, 0) is 49.6 Å². The minimum Gasteiger partial charge on any atom is -0.398 e. The van der Waals surface area contributed by atoms with Crippen molar-refractivity contribution >= 4 is 48.9 Å². The van der Waals surface area contributed by atoms with Crippen LogP contribution in [0.15, 0.2) is 32.8 Å². The van der Waals surface area contributed by atoms with Crippen LogP contribution in [0.25, 0.3) is 0 Å². The van der Waals surface area contributed by atoms with Gasteiger partial charge in [-0.2, -0.15) is 0 Å². The fourth-order valence-corrected chi connectivity index (χ4v) is 3.52. The molecule has 0 amide bonds. The van der Waals surface area contributed by atoms with E-state index in [4.69, 9.17) is 5.73 Å². The lowest BCUT2D eigenvalue weighted by Gasteiger charge is -2.09. The number of aromatic nitrogens is 1. The lowest BCUT2D eigenvalue weighted by Crippen LogP contribution is -2.03. The first-order valence-electron chi connectivity index (χ1n) is 4.89. The standard InChI is InChI=1S/C11H10Br2N2OS/c12-7-4-10(17-11(7)13)9(16)3-6-5-15-2-1-8(6)14/h1-2,4-5,9,16H,3H2,(H2,14,15). The molecule has 0 bridgehead atoms. The van der Waals surface area contributed by atoms with Crippen molar-refractivity contribution in [3.05, 3.63) is 43.2 Å². The largest absolute Gasteiger partial charge is 0.398 e. The molecule has 0 aliphatic carbocycles. The minimum absolute atomic E-state index is 0.471. The molecule has 0 spiro atoms. The molecule has 0 saturated heterocycles. The number of pyridine rings is 1. The number of nitrogens with two attached hydrogens (primary N) is 1. The highest BCUT2D eigenvalue weighted by Gasteiger charge is 2.14. The van der Waals surface area contributed by atoms with Gasteiger partial charge in [0.25, 0.3) is 0 Å². The second-order valence-electron chi connectivity index (χ2n) is 3.56. The summed E-state index contributed by atoms with van der Waals surface area (Å²) >= 11 is 8.31. The van der Waals surface area contributed by atoms with Crippen molar-refractivity contribution in [1.82, 2.24) is 4.98 Å². The van der Waals surface area contributed by atoms with Crippen LogP contribution in [0.3, 0.4) is 0 Å². The van der Waals surface area contributed by atoms with E-state index in [2.05, 4.69) is 36.8 Å². The predicted octanol–water partition coefficient (Wildman–Crippen LogP) is 3.53. The Balaban J connectivity index is 2.17. The van der Waals surface area contributed by atoms with Crippen LogP contribution in [0.5, 0.6) is 0 Å². The van der Waals surface area contributed by atoms with Gasteiger partial charge in [-0.3, -0.25) is 4.98 Å². The molecule has 0 fully saturated rings. The summed E-state index contributed by atoms with van der Waals surface area (Å²) < 4.78 is 1.93. The summed E-state index contributed by atoms with van der Waals surface area (Å²) in [4.78, 5) is 4.90. The maximum absolute atomic E-state index is 10.1. The molecule has 2 rings (SSSR count). The summed E-state index contributed by atoms with van der Waals surface area (Å²) in [5, 5.41) is 10.1.